The van der Waals surface area contributed by atoms with Gasteiger partial charge < -0.3 is 10.1 Å². The zero-order valence-corrected chi connectivity index (χ0v) is 23.6. The summed E-state index contributed by atoms with van der Waals surface area (Å²) in [5.74, 6) is -0.428. The van der Waals surface area contributed by atoms with Crippen LogP contribution in [-0.4, -0.2) is 57.2 Å². The summed E-state index contributed by atoms with van der Waals surface area (Å²) in [6.45, 7) is 4.35. The van der Waals surface area contributed by atoms with E-state index in [9.17, 15) is 21.6 Å². The first-order valence-corrected chi connectivity index (χ1v) is 15.4. The Morgan fingerprint density at radius 3 is 2.03 bits per heavy atom. The number of ether oxygens (including phenoxy) is 1. The van der Waals surface area contributed by atoms with Gasteiger partial charge in [-0.3, -0.25) is 4.79 Å². The fraction of sp³-hybridized carbons (Fsp3) is 0.346. The number of methoxy groups -OCH3 is 1. The molecule has 3 aromatic rings. The average molecular weight is 574 g/mol. The first kappa shape index (κ1) is 28.5. The van der Waals surface area contributed by atoms with Crippen molar-refractivity contribution >= 4 is 37.6 Å². The number of hydrogen-bond donors (Lipinski definition) is 2. The third-order valence-corrected chi connectivity index (χ3v) is 9.49. The highest BCUT2D eigenvalue weighted by Crippen LogP contribution is 2.27. The van der Waals surface area contributed by atoms with Crippen molar-refractivity contribution in [3.8, 4) is 5.75 Å². The number of aryl methyl sites for hydroxylation is 2. The van der Waals surface area contributed by atoms with Gasteiger partial charge in [0.05, 0.1) is 22.5 Å². The average Bonchev–Trinajstić information content (AvgIpc) is 3.18. The summed E-state index contributed by atoms with van der Waals surface area (Å²) in [7, 11) is -6.36. The quantitative estimate of drug-likeness (QED) is 0.414. The zero-order chi connectivity index (χ0) is 28.2. The molecule has 13 heteroatoms. The normalized spacial score (nSPS) is 14.8. The number of hydrogen-bond acceptors (Lipinski definition) is 8. The molecule has 1 amide bonds. The molecule has 0 spiro atoms. The van der Waals surface area contributed by atoms with Gasteiger partial charge in [-0.25, -0.2) is 31.5 Å². The molecular weight excluding hydrogens is 542 g/mol. The summed E-state index contributed by atoms with van der Waals surface area (Å²) in [4.78, 5) is 21.3. The molecule has 1 saturated heterocycles. The van der Waals surface area contributed by atoms with Crippen LogP contribution >= 0.6 is 0 Å². The highest BCUT2D eigenvalue weighted by molar-refractivity contribution is 7.92. The molecular formula is C26H31N5O6S2. The minimum atomic E-state index is -3.97. The predicted molar refractivity (Wildman–Crippen MR) is 147 cm³/mol. The highest BCUT2D eigenvalue weighted by Gasteiger charge is 2.27. The number of benzene rings is 2. The highest BCUT2D eigenvalue weighted by atomic mass is 32.2. The fourth-order valence-corrected chi connectivity index (χ4v) is 6.81. The first-order valence-electron chi connectivity index (χ1n) is 12.4. The second-order valence-corrected chi connectivity index (χ2v) is 12.9. The van der Waals surface area contributed by atoms with Crippen LogP contribution in [0.5, 0.6) is 5.75 Å². The van der Waals surface area contributed by atoms with Gasteiger partial charge in [-0.15, -0.1) is 0 Å². The molecule has 39 heavy (non-hydrogen) atoms. The Hall–Kier alpha value is -3.55. The molecule has 0 bridgehead atoms. The fourth-order valence-electron chi connectivity index (χ4n) is 4.32. The van der Waals surface area contributed by atoms with Crippen LogP contribution in [0.2, 0.25) is 0 Å². The lowest BCUT2D eigenvalue weighted by molar-refractivity contribution is 0.102. The van der Waals surface area contributed by atoms with Gasteiger partial charge in [-0.05, 0) is 75.2 Å². The van der Waals surface area contributed by atoms with E-state index < -0.39 is 26.0 Å². The number of rotatable bonds is 8. The van der Waals surface area contributed by atoms with E-state index in [0.717, 1.165) is 25.7 Å². The third-order valence-electron chi connectivity index (χ3n) is 6.25. The number of amides is 1. The Morgan fingerprint density at radius 2 is 1.44 bits per heavy atom. The summed E-state index contributed by atoms with van der Waals surface area (Å²) < 4.78 is 61.2. The van der Waals surface area contributed by atoms with Gasteiger partial charge in [-0.2, -0.15) is 4.31 Å². The second-order valence-electron chi connectivity index (χ2n) is 9.24. The molecule has 208 valence electrons. The molecule has 0 unspecified atom stereocenters. The molecule has 4 rings (SSSR count). The largest absolute Gasteiger partial charge is 0.496 e. The molecule has 0 atom stereocenters. The molecule has 0 saturated carbocycles. The summed E-state index contributed by atoms with van der Waals surface area (Å²) in [6, 6.07) is 11.4. The van der Waals surface area contributed by atoms with Crippen LogP contribution < -0.4 is 14.8 Å². The minimum Gasteiger partial charge on any atom is -0.496 e. The van der Waals surface area contributed by atoms with E-state index in [2.05, 4.69) is 20.0 Å². The van der Waals surface area contributed by atoms with Gasteiger partial charge in [0.25, 0.3) is 15.9 Å². The summed E-state index contributed by atoms with van der Waals surface area (Å²) >= 11 is 0. The van der Waals surface area contributed by atoms with Gasteiger partial charge in [0.15, 0.2) is 0 Å². The van der Waals surface area contributed by atoms with E-state index in [0.29, 0.717) is 30.2 Å². The molecule has 1 aliphatic rings. The van der Waals surface area contributed by atoms with Crippen molar-refractivity contribution in [3.63, 3.8) is 0 Å². The molecule has 1 aromatic heterocycles. The second kappa shape index (κ2) is 11.7. The summed E-state index contributed by atoms with van der Waals surface area (Å²) in [5.41, 5.74) is 1.59. The van der Waals surface area contributed by atoms with E-state index in [4.69, 9.17) is 4.74 Å². The summed E-state index contributed by atoms with van der Waals surface area (Å²) in [5, 5.41) is 2.68. The number of anilines is 2. The van der Waals surface area contributed by atoms with Crippen LogP contribution in [-0.2, 0) is 20.0 Å². The minimum absolute atomic E-state index is 0.0106. The van der Waals surface area contributed by atoms with Gasteiger partial charge in [0.1, 0.15) is 5.75 Å². The van der Waals surface area contributed by atoms with Gasteiger partial charge in [0.2, 0.25) is 16.0 Å². The van der Waals surface area contributed by atoms with Crippen molar-refractivity contribution in [3.05, 3.63) is 65.5 Å². The van der Waals surface area contributed by atoms with E-state index in [-0.39, 0.29) is 27.1 Å². The van der Waals surface area contributed by atoms with Crippen LogP contribution in [0.1, 0.15) is 47.4 Å². The number of nitrogens with one attached hydrogen (secondary N) is 2. The first-order chi connectivity index (χ1) is 18.5. The maximum Gasteiger partial charge on any atom is 0.264 e. The lowest BCUT2D eigenvalue weighted by Crippen LogP contribution is -2.32. The number of carbonyl (C=O) groups is 1. The van der Waals surface area contributed by atoms with E-state index in [1.165, 1.54) is 53.9 Å². The van der Waals surface area contributed by atoms with Crippen LogP contribution in [0, 0.1) is 13.8 Å². The predicted octanol–water partition coefficient (Wildman–Crippen LogP) is 3.72. The molecule has 0 radical (unpaired) electrons. The molecule has 2 heterocycles. The molecule has 2 aromatic carbocycles. The molecule has 1 aliphatic heterocycles. The van der Waals surface area contributed by atoms with E-state index in [1.54, 1.807) is 19.9 Å². The van der Waals surface area contributed by atoms with Gasteiger partial charge >= 0.3 is 0 Å². The Kier molecular flexibility index (Phi) is 8.52. The lowest BCUT2D eigenvalue weighted by Gasteiger charge is -2.20. The molecule has 2 N–H and O–H groups in total. The Balaban J connectivity index is 1.53. The van der Waals surface area contributed by atoms with E-state index in [1.807, 2.05) is 0 Å². The van der Waals surface area contributed by atoms with Crippen molar-refractivity contribution in [2.24, 2.45) is 0 Å². The SMILES string of the molecule is COc1ccc(S(=O)(=O)N2CCCCCC2)cc1C(=O)Nc1ccc(S(=O)(=O)Nc2nc(C)cc(C)n2)cc1. The number of sulfonamides is 2. The van der Waals surface area contributed by atoms with Crippen molar-refractivity contribution < 1.29 is 26.4 Å². The molecule has 1 fully saturated rings. The Labute approximate surface area is 228 Å². The standard InChI is InChI=1S/C26H31N5O6S2/c1-18-16-19(2)28-26(27-18)30-38(33,34)21-10-8-20(9-11-21)29-25(32)23-17-22(12-13-24(23)37-3)39(35,36)31-14-6-4-5-7-15-31/h8-13,16-17H,4-7,14-15H2,1-3H3,(H,29,32)(H,27,28,30). The van der Waals surface area contributed by atoms with Crippen molar-refractivity contribution in [2.45, 2.75) is 49.3 Å². The number of carbonyl (C=O) groups excluding carboxylic acids is 1. The smallest absolute Gasteiger partial charge is 0.264 e. The summed E-state index contributed by atoms with van der Waals surface area (Å²) in [6.07, 6.45) is 3.55. The maximum atomic E-state index is 13.3. The van der Waals surface area contributed by atoms with Crippen molar-refractivity contribution in [1.29, 1.82) is 0 Å². The Morgan fingerprint density at radius 1 is 0.846 bits per heavy atom. The number of aromatic nitrogens is 2. The third kappa shape index (κ3) is 6.72. The van der Waals surface area contributed by atoms with Crippen LogP contribution in [0.15, 0.2) is 58.3 Å². The topological polar surface area (TPSA) is 148 Å². The van der Waals surface area contributed by atoms with E-state index >= 15 is 0 Å². The van der Waals surface area contributed by atoms with Crippen LogP contribution in [0.3, 0.4) is 0 Å². The van der Waals surface area contributed by atoms with Gasteiger partial charge in [0, 0.05) is 30.2 Å². The lowest BCUT2D eigenvalue weighted by atomic mass is 10.2. The maximum absolute atomic E-state index is 13.3. The van der Waals surface area contributed by atoms with Crippen molar-refractivity contribution in [1.82, 2.24) is 14.3 Å². The van der Waals surface area contributed by atoms with Crippen LogP contribution in [0.4, 0.5) is 11.6 Å². The zero-order valence-electron chi connectivity index (χ0n) is 22.0. The Bertz CT molecular complexity index is 1550. The monoisotopic (exact) mass is 573 g/mol. The van der Waals surface area contributed by atoms with Gasteiger partial charge in [-0.1, -0.05) is 12.8 Å². The molecule has 11 nitrogen and oxygen atoms in total. The van der Waals surface area contributed by atoms with Crippen molar-refractivity contribution in [2.75, 3.05) is 30.2 Å². The number of nitrogens with zero attached hydrogens (tertiary/aromatic N) is 3. The molecule has 0 aliphatic carbocycles. The van der Waals surface area contributed by atoms with Crippen LogP contribution in [0.25, 0.3) is 0 Å².